The summed E-state index contributed by atoms with van der Waals surface area (Å²) in [6.07, 6.45) is 0. The molecule has 2 aliphatic heterocycles. The standard InChI is InChI=1S/C23H25ClFN3O3S/c24-18-5-1-16(2-6-18)22(30)28-20(15-32-23(28)17-3-7-19(25)8-4-17)21(29)26-9-10-27-11-13-31-14-12-27/h1-8,20,23H,9-15H2,(H,26,29). The van der Waals surface area contributed by atoms with Crippen molar-refractivity contribution in [3.63, 3.8) is 0 Å². The average Bonchev–Trinajstić information content (AvgIpc) is 3.25. The molecular formula is C23H25ClFN3O3S. The van der Waals surface area contributed by atoms with Gasteiger partial charge in [0.1, 0.15) is 17.2 Å². The Labute approximate surface area is 196 Å². The first-order chi connectivity index (χ1) is 15.5. The molecule has 2 fully saturated rings. The largest absolute Gasteiger partial charge is 0.379 e. The Morgan fingerprint density at radius 1 is 1.09 bits per heavy atom. The van der Waals surface area contributed by atoms with E-state index in [-0.39, 0.29) is 23.0 Å². The van der Waals surface area contributed by atoms with Crippen molar-refractivity contribution in [2.24, 2.45) is 0 Å². The van der Waals surface area contributed by atoms with Gasteiger partial charge in [0.2, 0.25) is 5.91 Å². The van der Waals surface area contributed by atoms with Crippen LogP contribution in [0.5, 0.6) is 0 Å². The molecule has 2 heterocycles. The van der Waals surface area contributed by atoms with Gasteiger partial charge in [-0.1, -0.05) is 23.7 Å². The first kappa shape index (κ1) is 23.0. The Hall–Kier alpha value is -2.13. The van der Waals surface area contributed by atoms with E-state index < -0.39 is 6.04 Å². The van der Waals surface area contributed by atoms with Crippen LogP contribution in [-0.2, 0) is 9.53 Å². The van der Waals surface area contributed by atoms with Gasteiger partial charge >= 0.3 is 0 Å². The second-order valence-corrected chi connectivity index (χ2v) is 9.27. The van der Waals surface area contributed by atoms with Crippen LogP contribution in [0.4, 0.5) is 4.39 Å². The normalized spacial score (nSPS) is 21.5. The minimum atomic E-state index is -0.622. The molecule has 2 saturated heterocycles. The van der Waals surface area contributed by atoms with Gasteiger partial charge in [-0.3, -0.25) is 14.5 Å². The molecule has 6 nitrogen and oxygen atoms in total. The van der Waals surface area contributed by atoms with Gasteiger partial charge in [0.05, 0.1) is 13.2 Å². The van der Waals surface area contributed by atoms with Gasteiger partial charge in [-0.2, -0.15) is 0 Å². The predicted octanol–water partition coefficient (Wildman–Crippen LogP) is 3.18. The maximum absolute atomic E-state index is 13.5. The highest BCUT2D eigenvalue weighted by molar-refractivity contribution is 7.99. The van der Waals surface area contributed by atoms with Crippen molar-refractivity contribution in [2.45, 2.75) is 11.4 Å². The van der Waals surface area contributed by atoms with E-state index in [1.54, 1.807) is 41.3 Å². The van der Waals surface area contributed by atoms with E-state index in [9.17, 15) is 14.0 Å². The van der Waals surface area contributed by atoms with Crippen molar-refractivity contribution in [3.05, 3.63) is 70.5 Å². The number of rotatable bonds is 6. The molecule has 0 bridgehead atoms. The first-order valence-electron chi connectivity index (χ1n) is 10.6. The molecule has 2 aromatic carbocycles. The number of nitrogens with zero attached hydrogens (tertiary/aromatic N) is 2. The number of hydrogen-bond donors (Lipinski definition) is 1. The molecule has 170 valence electrons. The second kappa shape index (κ2) is 10.7. The SMILES string of the molecule is O=C(NCCN1CCOCC1)C1CSC(c2ccc(F)cc2)N1C(=O)c1ccc(Cl)cc1. The molecule has 0 saturated carbocycles. The van der Waals surface area contributed by atoms with Crippen LogP contribution in [0.3, 0.4) is 0 Å². The summed E-state index contributed by atoms with van der Waals surface area (Å²) in [6.45, 7) is 4.35. The number of nitrogens with one attached hydrogen (secondary N) is 1. The number of thioether (sulfide) groups is 1. The Morgan fingerprint density at radius 2 is 1.78 bits per heavy atom. The van der Waals surface area contributed by atoms with Crippen LogP contribution in [0.15, 0.2) is 48.5 Å². The number of carbonyl (C=O) groups is 2. The van der Waals surface area contributed by atoms with Gasteiger partial charge in [0.15, 0.2) is 0 Å². The number of benzene rings is 2. The first-order valence-corrected chi connectivity index (χ1v) is 12.0. The molecule has 9 heteroatoms. The number of amides is 2. The number of ether oxygens (including phenoxy) is 1. The fraction of sp³-hybridized carbons (Fsp3) is 0.391. The molecule has 2 amide bonds. The molecule has 1 N–H and O–H groups in total. The van der Waals surface area contributed by atoms with E-state index in [0.29, 0.717) is 36.1 Å². The van der Waals surface area contributed by atoms with Gasteiger partial charge in [-0.05, 0) is 42.0 Å². The zero-order valence-corrected chi connectivity index (χ0v) is 19.1. The summed E-state index contributed by atoms with van der Waals surface area (Å²) < 4.78 is 18.8. The number of hydrogen-bond acceptors (Lipinski definition) is 5. The molecule has 2 atom stereocenters. The van der Waals surface area contributed by atoms with E-state index in [4.69, 9.17) is 16.3 Å². The van der Waals surface area contributed by atoms with Gasteiger partial charge < -0.3 is 15.0 Å². The quantitative estimate of drug-likeness (QED) is 0.692. The van der Waals surface area contributed by atoms with Crippen LogP contribution in [0, 0.1) is 5.82 Å². The summed E-state index contributed by atoms with van der Waals surface area (Å²) in [5, 5.41) is 3.14. The summed E-state index contributed by atoms with van der Waals surface area (Å²) in [5.41, 5.74) is 1.23. The zero-order chi connectivity index (χ0) is 22.5. The number of halogens is 2. The van der Waals surface area contributed by atoms with E-state index in [1.165, 1.54) is 23.9 Å². The summed E-state index contributed by atoms with van der Waals surface area (Å²) in [4.78, 5) is 30.4. The highest BCUT2D eigenvalue weighted by atomic mass is 35.5. The molecule has 2 unspecified atom stereocenters. The van der Waals surface area contributed by atoms with Crippen LogP contribution in [-0.4, -0.2) is 72.8 Å². The van der Waals surface area contributed by atoms with E-state index in [2.05, 4.69) is 10.2 Å². The molecular weight excluding hydrogens is 453 g/mol. The maximum Gasteiger partial charge on any atom is 0.255 e. The molecule has 0 aromatic heterocycles. The van der Waals surface area contributed by atoms with Gasteiger partial charge in [0, 0.05) is 42.5 Å². The summed E-state index contributed by atoms with van der Waals surface area (Å²) >= 11 is 7.48. The van der Waals surface area contributed by atoms with Gasteiger partial charge in [-0.25, -0.2) is 4.39 Å². The number of carbonyl (C=O) groups excluding carboxylic acids is 2. The van der Waals surface area contributed by atoms with Crippen LogP contribution >= 0.6 is 23.4 Å². The van der Waals surface area contributed by atoms with Crippen LogP contribution in [0.25, 0.3) is 0 Å². The van der Waals surface area contributed by atoms with Crippen molar-refractivity contribution in [1.29, 1.82) is 0 Å². The summed E-state index contributed by atoms with van der Waals surface area (Å²) in [5.74, 6) is -0.318. The van der Waals surface area contributed by atoms with Crippen LogP contribution in [0.1, 0.15) is 21.3 Å². The smallest absolute Gasteiger partial charge is 0.255 e. The zero-order valence-electron chi connectivity index (χ0n) is 17.5. The maximum atomic E-state index is 13.5. The third-order valence-corrected chi connectivity index (χ3v) is 7.19. The molecule has 2 aromatic rings. The fourth-order valence-corrected chi connectivity index (χ4v) is 5.42. The average molecular weight is 478 g/mol. The van der Waals surface area contributed by atoms with Crippen molar-refractivity contribution in [3.8, 4) is 0 Å². The lowest BCUT2D eigenvalue weighted by atomic mass is 10.1. The van der Waals surface area contributed by atoms with E-state index >= 15 is 0 Å². The van der Waals surface area contributed by atoms with E-state index in [1.807, 2.05) is 0 Å². The summed E-state index contributed by atoms with van der Waals surface area (Å²) in [7, 11) is 0. The Bertz CT molecular complexity index is 939. The lowest BCUT2D eigenvalue weighted by molar-refractivity contribution is -0.124. The Morgan fingerprint density at radius 3 is 2.47 bits per heavy atom. The van der Waals surface area contributed by atoms with Crippen molar-refractivity contribution >= 4 is 35.2 Å². The molecule has 0 radical (unpaired) electrons. The minimum absolute atomic E-state index is 0.183. The second-order valence-electron chi connectivity index (χ2n) is 7.72. The predicted molar refractivity (Wildman–Crippen MR) is 123 cm³/mol. The topological polar surface area (TPSA) is 61.9 Å². The Kier molecular flexibility index (Phi) is 7.67. The van der Waals surface area contributed by atoms with Gasteiger partial charge in [0.25, 0.3) is 5.91 Å². The fourth-order valence-electron chi connectivity index (χ4n) is 3.86. The highest BCUT2D eigenvalue weighted by Crippen LogP contribution is 2.42. The molecule has 0 spiro atoms. The molecule has 32 heavy (non-hydrogen) atoms. The van der Waals surface area contributed by atoms with Crippen molar-refractivity contribution in [1.82, 2.24) is 15.1 Å². The van der Waals surface area contributed by atoms with Crippen molar-refractivity contribution < 1.29 is 18.7 Å². The van der Waals surface area contributed by atoms with E-state index in [0.717, 1.165) is 25.2 Å². The number of morpholine rings is 1. The Balaban J connectivity index is 1.50. The van der Waals surface area contributed by atoms with Crippen molar-refractivity contribution in [2.75, 3.05) is 45.1 Å². The van der Waals surface area contributed by atoms with Crippen LogP contribution < -0.4 is 5.32 Å². The molecule has 4 rings (SSSR count). The summed E-state index contributed by atoms with van der Waals surface area (Å²) in [6, 6.07) is 12.1. The molecule has 2 aliphatic rings. The third-order valence-electron chi connectivity index (χ3n) is 5.61. The third kappa shape index (κ3) is 5.43. The monoisotopic (exact) mass is 477 g/mol. The lowest BCUT2D eigenvalue weighted by Gasteiger charge is -2.30. The molecule has 0 aliphatic carbocycles. The minimum Gasteiger partial charge on any atom is -0.379 e. The van der Waals surface area contributed by atoms with Crippen LogP contribution in [0.2, 0.25) is 5.02 Å². The highest BCUT2D eigenvalue weighted by Gasteiger charge is 2.42. The lowest BCUT2D eigenvalue weighted by Crippen LogP contribution is -2.49. The van der Waals surface area contributed by atoms with Gasteiger partial charge in [-0.15, -0.1) is 11.8 Å².